The van der Waals surface area contributed by atoms with E-state index in [1.165, 1.54) is 0 Å². The monoisotopic (exact) mass is 194 g/mol. The minimum absolute atomic E-state index is 0.200. The SMILES string of the molecule is CCOc1ccc(C)c(OC(C)C)c1. The molecule has 0 atom stereocenters. The zero-order chi connectivity index (χ0) is 10.6. The molecule has 2 heteroatoms. The topological polar surface area (TPSA) is 18.5 Å². The predicted molar refractivity (Wildman–Crippen MR) is 58.1 cm³/mol. The molecule has 0 fully saturated rings. The van der Waals surface area contributed by atoms with Gasteiger partial charge in [0.05, 0.1) is 12.7 Å². The summed E-state index contributed by atoms with van der Waals surface area (Å²) < 4.78 is 11.1. The van der Waals surface area contributed by atoms with E-state index in [1.54, 1.807) is 0 Å². The number of hydrogen-bond donors (Lipinski definition) is 0. The van der Waals surface area contributed by atoms with Gasteiger partial charge in [-0.1, -0.05) is 6.07 Å². The summed E-state index contributed by atoms with van der Waals surface area (Å²) in [4.78, 5) is 0. The molecule has 1 aromatic carbocycles. The van der Waals surface area contributed by atoms with Crippen molar-refractivity contribution in [3.63, 3.8) is 0 Å². The Morgan fingerprint density at radius 1 is 1.29 bits per heavy atom. The Morgan fingerprint density at radius 2 is 2.00 bits per heavy atom. The van der Waals surface area contributed by atoms with Gasteiger partial charge in [0.2, 0.25) is 0 Å². The molecule has 0 N–H and O–H groups in total. The summed E-state index contributed by atoms with van der Waals surface area (Å²) in [5.41, 5.74) is 1.14. The molecule has 0 spiro atoms. The maximum atomic E-state index is 5.65. The maximum Gasteiger partial charge on any atom is 0.126 e. The predicted octanol–water partition coefficient (Wildman–Crippen LogP) is 3.18. The number of rotatable bonds is 4. The first-order valence-corrected chi connectivity index (χ1v) is 5.03. The summed E-state index contributed by atoms with van der Waals surface area (Å²) in [6.45, 7) is 8.74. The van der Waals surface area contributed by atoms with Crippen molar-refractivity contribution in [2.45, 2.75) is 33.8 Å². The van der Waals surface area contributed by atoms with Crippen LogP contribution in [0.2, 0.25) is 0 Å². The molecule has 0 amide bonds. The molecular formula is C12H18O2. The fourth-order valence-electron chi connectivity index (χ4n) is 1.22. The van der Waals surface area contributed by atoms with Gasteiger partial charge in [0.25, 0.3) is 0 Å². The van der Waals surface area contributed by atoms with Crippen molar-refractivity contribution in [2.24, 2.45) is 0 Å². The average molecular weight is 194 g/mol. The lowest BCUT2D eigenvalue weighted by molar-refractivity contribution is 0.239. The van der Waals surface area contributed by atoms with Crippen LogP contribution in [0.4, 0.5) is 0 Å². The number of benzene rings is 1. The summed E-state index contributed by atoms with van der Waals surface area (Å²) in [5.74, 6) is 1.78. The average Bonchev–Trinajstić information content (AvgIpc) is 2.10. The van der Waals surface area contributed by atoms with Gasteiger partial charge in [-0.25, -0.2) is 0 Å². The normalized spacial score (nSPS) is 10.4. The van der Waals surface area contributed by atoms with Gasteiger partial charge in [0.15, 0.2) is 0 Å². The van der Waals surface area contributed by atoms with Crippen molar-refractivity contribution in [1.29, 1.82) is 0 Å². The Hall–Kier alpha value is -1.18. The van der Waals surface area contributed by atoms with Crippen LogP contribution >= 0.6 is 0 Å². The van der Waals surface area contributed by atoms with Crippen molar-refractivity contribution in [1.82, 2.24) is 0 Å². The molecule has 0 saturated heterocycles. The molecule has 1 rings (SSSR count). The number of aryl methyl sites for hydroxylation is 1. The van der Waals surface area contributed by atoms with Crippen LogP contribution in [0.25, 0.3) is 0 Å². The van der Waals surface area contributed by atoms with Crippen molar-refractivity contribution in [3.05, 3.63) is 23.8 Å². The van der Waals surface area contributed by atoms with E-state index in [1.807, 2.05) is 45.9 Å². The van der Waals surface area contributed by atoms with Crippen LogP contribution in [0, 0.1) is 6.92 Å². The highest BCUT2D eigenvalue weighted by Gasteiger charge is 2.03. The highest BCUT2D eigenvalue weighted by atomic mass is 16.5. The van der Waals surface area contributed by atoms with Crippen LogP contribution in [0.1, 0.15) is 26.3 Å². The van der Waals surface area contributed by atoms with Gasteiger partial charge >= 0.3 is 0 Å². The molecule has 0 aliphatic heterocycles. The van der Waals surface area contributed by atoms with Gasteiger partial charge in [0.1, 0.15) is 11.5 Å². The third-order valence-corrected chi connectivity index (χ3v) is 1.83. The van der Waals surface area contributed by atoms with E-state index >= 15 is 0 Å². The molecule has 0 heterocycles. The molecule has 0 aromatic heterocycles. The highest BCUT2D eigenvalue weighted by molar-refractivity contribution is 5.39. The summed E-state index contributed by atoms with van der Waals surface area (Å²) >= 11 is 0. The van der Waals surface area contributed by atoms with E-state index in [4.69, 9.17) is 9.47 Å². The van der Waals surface area contributed by atoms with Crippen LogP contribution in [0.3, 0.4) is 0 Å². The first kappa shape index (κ1) is 10.9. The second kappa shape index (κ2) is 4.89. The van der Waals surface area contributed by atoms with Crippen LogP contribution in [0.5, 0.6) is 11.5 Å². The fraction of sp³-hybridized carbons (Fsp3) is 0.500. The molecule has 0 bridgehead atoms. The smallest absolute Gasteiger partial charge is 0.126 e. The Balaban J connectivity index is 2.84. The third-order valence-electron chi connectivity index (χ3n) is 1.83. The van der Waals surface area contributed by atoms with Crippen molar-refractivity contribution in [3.8, 4) is 11.5 Å². The zero-order valence-electron chi connectivity index (χ0n) is 9.33. The van der Waals surface area contributed by atoms with E-state index in [0.717, 1.165) is 17.1 Å². The Labute approximate surface area is 85.8 Å². The molecule has 0 radical (unpaired) electrons. The Bertz CT molecular complexity index is 292. The van der Waals surface area contributed by atoms with E-state index < -0.39 is 0 Å². The quantitative estimate of drug-likeness (QED) is 0.733. The summed E-state index contributed by atoms with van der Waals surface area (Å²) in [7, 11) is 0. The van der Waals surface area contributed by atoms with Crippen LogP contribution in [-0.2, 0) is 0 Å². The second-order valence-corrected chi connectivity index (χ2v) is 3.53. The molecule has 0 aliphatic carbocycles. The van der Waals surface area contributed by atoms with Gasteiger partial charge in [-0.05, 0) is 39.3 Å². The van der Waals surface area contributed by atoms with E-state index in [0.29, 0.717) is 6.61 Å². The van der Waals surface area contributed by atoms with Gasteiger partial charge in [0, 0.05) is 6.07 Å². The lowest BCUT2D eigenvalue weighted by Gasteiger charge is -2.13. The van der Waals surface area contributed by atoms with Gasteiger partial charge < -0.3 is 9.47 Å². The number of ether oxygens (including phenoxy) is 2. The summed E-state index contributed by atoms with van der Waals surface area (Å²) in [6.07, 6.45) is 0.200. The van der Waals surface area contributed by atoms with E-state index in [9.17, 15) is 0 Å². The molecule has 0 aliphatic rings. The van der Waals surface area contributed by atoms with Crippen LogP contribution < -0.4 is 9.47 Å². The second-order valence-electron chi connectivity index (χ2n) is 3.53. The van der Waals surface area contributed by atoms with Crippen molar-refractivity contribution < 1.29 is 9.47 Å². The maximum absolute atomic E-state index is 5.65. The molecule has 0 saturated carbocycles. The van der Waals surface area contributed by atoms with Crippen LogP contribution in [-0.4, -0.2) is 12.7 Å². The number of hydrogen-bond acceptors (Lipinski definition) is 2. The third kappa shape index (κ3) is 2.95. The largest absolute Gasteiger partial charge is 0.494 e. The summed E-state index contributed by atoms with van der Waals surface area (Å²) in [6, 6.07) is 5.92. The minimum Gasteiger partial charge on any atom is -0.494 e. The van der Waals surface area contributed by atoms with Gasteiger partial charge in [-0.3, -0.25) is 0 Å². The highest BCUT2D eigenvalue weighted by Crippen LogP contribution is 2.25. The van der Waals surface area contributed by atoms with Crippen molar-refractivity contribution in [2.75, 3.05) is 6.61 Å². The molecule has 14 heavy (non-hydrogen) atoms. The van der Waals surface area contributed by atoms with Gasteiger partial charge in [-0.2, -0.15) is 0 Å². The lowest BCUT2D eigenvalue weighted by Crippen LogP contribution is -2.06. The Kier molecular flexibility index (Phi) is 3.81. The summed E-state index contributed by atoms with van der Waals surface area (Å²) in [5, 5.41) is 0. The first-order chi connectivity index (χ1) is 6.63. The first-order valence-electron chi connectivity index (χ1n) is 5.03. The lowest BCUT2D eigenvalue weighted by atomic mass is 10.2. The minimum atomic E-state index is 0.200. The van der Waals surface area contributed by atoms with E-state index in [-0.39, 0.29) is 6.10 Å². The zero-order valence-corrected chi connectivity index (χ0v) is 9.33. The molecule has 2 nitrogen and oxygen atoms in total. The standard InChI is InChI=1S/C12H18O2/c1-5-13-11-7-6-10(4)12(8-11)14-9(2)3/h6-9H,5H2,1-4H3. The molecule has 78 valence electrons. The molecule has 0 unspecified atom stereocenters. The van der Waals surface area contributed by atoms with Crippen LogP contribution in [0.15, 0.2) is 18.2 Å². The molecule has 1 aromatic rings. The Morgan fingerprint density at radius 3 is 2.57 bits per heavy atom. The van der Waals surface area contributed by atoms with Crippen molar-refractivity contribution >= 4 is 0 Å². The van der Waals surface area contributed by atoms with Gasteiger partial charge in [-0.15, -0.1) is 0 Å². The molecular weight excluding hydrogens is 176 g/mol. The van der Waals surface area contributed by atoms with E-state index in [2.05, 4.69) is 0 Å². The fourth-order valence-corrected chi connectivity index (χ4v) is 1.22.